The second-order valence-electron chi connectivity index (χ2n) is 9.41. The van der Waals surface area contributed by atoms with Crippen LogP contribution in [0.4, 0.5) is 0 Å². The van der Waals surface area contributed by atoms with Gasteiger partial charge >= 0.3 is 0 Å². The van der Waals surface area contributed by atoms with E-state index in [1.165, 1.54) is 11.1 Å². The van der Waals surface area contributed by atoms with Gasteiger partial charge in [0.1, 0.15) is 12.4 Å². The third-order valence-electron chi connectivity index (χ3n) is 5.73. The van der Waals surface area contributed by atoms with Crippen molar-refractivity contribution in [1.82, 2.24) is 4.57 Å². The van der Waals surface area contributed by atoms with Crippen LogP contribution in [0.2, 0.25) is 0 Å². The van der Waals surface area contributed by atoms with Crippen LogP contribution in [-0.4, -0.2) is 24.4 Å². The molecule has 0 aliphatic carbocycles. The van der Waals surface area contributed by atoms with Crippen molar-refractivity contribution in [3.8, 4) is 17.2 Å². The summed E-state index contributed by atoms with van der Waals surface area (Å²) in [4.78, 5) is 13.6. The number of fused-ring (bicyclic) bond motifs is 1. The van der Waals surface area contributed by atoms with Crippen LogP contribution in [0.15, 0.2) is 46.3 Å². The number of nitrogens with zero attached hydrogens (tertiary/aromatic N) is 1. The minimum Gasteiger partial charge on any atom is -0.497 e. The Balaban J connectivity index is 2.47. The van der Waals surface area contributed by atoms with Gasteiger partial charge in [-0.15, -0.1) is 0 Å². The number of benzene rings is 1. The summed E-state index contributed by atoms with van der Waals surface area (Å²) in [5, 5.41) is 0.863. The Morgan fingerprint density at radius 1 is 1.06 bits per heavy atom. The average Bonchev–Trinajstić information content (AvgIpc) is 2.79. The SMILES string of the molecule is CCCCCCn1c(=O)c(OC(C)C)c(OC/C=C(\C)CCC=C(C)C)c2ccc(OC)cc21. The standard InChI is InChI=1S/C29H43NO4/c1-8-9-10-11-18-30-26-20-24(32-7)15-16-25(26)27(28(29(30)31)34-22(4)5)33-19-17-23(6)14-12-13-21(2)3/h13,15-17,20,22H,8-12,14,18-19H2,1-7H3/b23-17+. The quantitative estimate of drug-likeness (QED) is 0.213. The largest absolute Gasteiger partial charge is 0.497 e. The molecule has 1 aromatic carbocycles. The number of aryl methyl sites for hydroxylation is 1. The number of allylic oxidation sites excluding steroid dienone is 3. The summed E-state index contributed by atoms with van der Waals surface area (Å²) in [6.45, 7) is 13.4. The van der Waals surface area contributed by atoms with Gasteiger partial charge in [0.15, 0.2) is 5.75 Å². The van der Waals surface area contributed by atoms with Gasteiger partial charge in [0, 0.05) is 18.0 Å². The molecule has 0 fully saturated rings. The van der Waals surface area contributed by atoms with Crippen molar-refractivity contribution in [3.05, 3.63) is 51.9 Å². The zero-order valence-corrected chi connectivity index (χ0v) is 22.2. The lowest BCUT2D eigenvalue weighted by atomic mass is 10.1. The average molecular weight is 470 g/mol. The zero-order valence-electron chi connectivity index (χ0n) is 22.2. The van der Waals surface area contributed by atoms with Crippen LogP contribution in [0.25, 0.3) is 10.9 Å². The second kappa shape index (κ2) is 13.9. The molecule has 5 nitrogen and oxygen atoms in total. The lowest BCUT2D eigenvalue weighted by Gasteiger charge is -2.20. The van der Waals surface area contributed by atoms with Gasteiger partial charge in [-0.3, -0.25) is 4.79 Å². The van der Waals surface area contributed by atoms with Crippen molar-refractivity contribution >= 4 is 10.9 Å². The molecule has 5 heteroatoms. The Morgan fingerprint density at radius 3 is 2.47 bits per heavy atom. The highest BCUT2D eigenvalue weighted by molar-refractivity contribution is 5.89. The Bertz CT molecular complexity index is 1040. The molecule has 0 aliphatic rings. The lowest BCUT2D eigenvalue weighted by molar-refractivity contribution is 0.222. The van der Waals surface area contributed by atoms with Crippen LogP contribution in [0.1, 0.15) is 80.1 Å². The molecule has 0 saturated carbocycles. The first-order valence-corrected chi connectivity index (χ1v) is 12.6. The third-order valence-corrected chi connectivity index (χ3v) is 5.73. The van der Waals surface area contributed by atoms with E-state index in [0.29, 0.717) is 30.4 Å². The fraction of sp³-hybridized carbons (Fsp3) is 0.552. The van der Waals surface area contributed by atoms with Crippen LogP contribution in [0.5, 0.6) is 17.2 Å². The van der Waals surface area contributed by atoms with Crippen LogP contribution in [0, 0.1) is 0 Å². The molecule has 0 spiro atoms. The Hall–Kier alpha value is -2.69. The molecule has 0 saturated heterocycles. The van der Waals surface area contributed by atoms with Gasteiger partial charge in [-0.25, -0.2) is 0 Å². The van der Waals surface area contributed by atoms with Gasteiger partial charge in [-0.1, -0.05) is 43.4 Å². The first kappa shape index (κ1) is 27.6. The molecule has 0 unspecified atom stereocenters. The van der Waals surface area contributed by atoms with Gasteiger partial charge in [-0.05, 0) is 72.1 Å². The number of methoxy groups -OCH3 is 1. The maximum atomic E-state index is 13.6. The van der Waals surface area contributed by atoms with Crippen molar-refractivity contribution in [3.63, 3.8) is 0 Å². The molecule has 0 bridgehead atoms. The number of aromatic nitrogens is 1. The second-order valence-corrected chi connectivity index (χ2v) is 9.41. The first-order valence-electron chi connectivity index (χ1n) is 12.6. The molecule has 0 atom stereocenters. The minimum absolute atomic E-state index is 0.138. The zero-order chi connectivity index (χ0) is 25.1. The van der Waals surface area contributed by atoms with Crippen LogP contribution in [-0.2, 0) is 6.54 Å². The maximum Gasteiger partial charge on any atom is 0.297 e. The summed E-state index contributed by atoms with van der Waals surface area (Å²) in [5.41, 5.74) is 3.26. The summed E-state index contributed by atoms with van der Waals surface area (Å²) < 4.78 is 19.5. The van der Waals surface area contributed by atoms with E-state index in [4.69, 9.17) is 14.2 Å². The van der Waals surface area contributed by atoms with Crippen molar-refractivity contribution < 1.29 is 14.2 Å². The van der Waals surface area contributed by atoms with Crippen molar-refractivity contribution in [1.29, 1.82) is 0 Å². The summed E-state index contributed by atoms with van der Waals surface area (Å²) in [6.07, 6.45) is 10.5. The van der Waals surface area contributed by atoms with E-state index in [1.807, 2.05) is 36.6 Å². The van der Waals surface area contributed by atoms with Crippen molar-refractivity contribution in [2.45, 2.75) is 92.7 Å². The number of unbranched alkanes of at least 4 members (excludes halogenated alkanes) is 3. The molecule has 188 valence electrons. The highest BCUT2D eigenvalue weighted by atomic mass is 16.5. The normalized spacial score (nSPS) is 11.7. The van der Waals surface area contributed by atoms with Gasteiger partial charge < -0.3 is 18.8 Å². The molecule has 0 amide bonds. The number of ether oxygens (including phenoxy) is 3. The monoisotopic (exact) mass is 469 g/mol. The van der Waals surface area contributed by atoms with E-state index >= 15 is 0 Å². The number of hydrogen-bond acceptors (Lipinski definition) is 4. The van der Waals surface area contributed by atoms with E-state index in [0.717, 1.165) is 49.4 Å². The smallest absolute Gasteiger partial charge is 0.297 e. The summed E-state index contributed by atoms with van der Waals surface area (Å²) in [5.74, 6) is 1.51. The number of pyridine rings is 1. The molecule has 2 aromatic rings. The van der Waals surface area contributed by atoms with E-state index < -0.39 is 0 Å². The molecule has 1 aromatic heterocycles. The molecule has 34 heavy (non-hydrogen) atoms. The highest BCUT2D eigenvalue weighted by Crippen LogP contribution is 2.35. The summed E-state index contributed by atoms with van der Waals surface area (Å²) in [6, 6.07) is 5.79. The minimum atomic E-state index is -0.148. The number of hydrogen-bond donors (Lipinski definition) is 0. The molecule has 1 heterocycles. The molecular formula is C29H43NO4. The van der Waals surface area contributed by atoms with Gasteiger partial charge in [0.2, 0.25) is 5.75 Å². The molecule has 0 N–H and O–H groups in total. The Labute approximate surface area is 205 Å². The summed E-state index contributed by atoms with van der Waals surface area (Å²) in [7, 11) is 1.64. The summed E-state index contributed by atoms with van der Waals surface area (Å²) >= 11 is 0. The fourth-order valence-electron chi connectivity index (χ4n) is 3.86. The van der Waals surface area contributed by atoms with Gasteiger partial charge in [0.05, 0.1) is 18.7 Å². The number of rotatable bonds is 14. The molecule has 0 aliphatic heterocycles. The molecule has 0 radical (unpaired) electrons. The van der Waals surface area contributed by atoms with Gasteiger partial charge in [0.25, 0.3) is 5.56 Å². The van der Waals surface area contributed by atoms with Crippen LogP contribution < -0.4 is 19.8 Å². The Morgan fingerprint density at radius 2 is 1.82 bits per heavy atom. The van der Waals surface area contributed by atoms with Crippen LogP contribution in [0.3, 0.4) is 0 Å². The molecule has 2 rings (SSSR count). The first-order chi connectivity index (χ1) is 16.3. The van der Waals surface area contributed by atoms with Crippen molar-refractivity contribution in [2.24, 2.45) is 0 Å². The Kier molecular flexibility index (Phi) is 11.2. The van der Waals surface area contributed by atoms with E-state index in [1.54, 1.807) is 7.11 Å². The van der Waals surface area contributed by atoms with E-state index in [2.05, 4.69) is 39.8 Å². The predicted molar refractivity (Wildman–Crippen MR) is 143 cm³/mol. The fourth-order valence-corrected chi connectivity index (χ4v) is 3.86. The maximum absolute atomic E-state index is 13.6. The van der Waals surface area contributed by atoms with E-state index in [9.17, 15) is 4.79 Å². The molecular weight excluding hydrogens is 426 g/mol. The van der Waals surface area contributed by atoms with E-state index in [-0.39, 0.29) is 11.7 Å². The van der Waals surface area contributed by atoms with Crippen molar-refractivity contribution in [2.75, 3.05) is 13.7 Å². The topological polar surface area (TPSA) is 49.7 Å². The highest BCUT2D eigenvalue weighted by Gasteiger charge is 2.21. The van der Waals surface area contributed by atoms with Gasteiger partial charge in [-0.2, -0.15) is 0 Å². The van der Waals surface area contributed by atoms with Crippen LogP contribution >= 0.6 is 0 Å². The third kappa shape index (κ3) is 7.96. The lowest BCUT2D eigenvalue weighted by Crippen LogP contribution is -2.25. The predicted octanol–water partition coefficient (Wildman–Crippen LogP) is 7.45.